The number of carbonyl (C=O) groups is 2. The quantitative estimate of drug-likeness (QED) is 0.666. The molecule has 0 radical (unpaired) electrons. The molecular formula is C12H20N2O6S. The predicted octanol–water partition coefficient (Wildman–Crippen LogP) is -1.58. The summed E-state index contributed by atoms with van der Waals surface area (Å²) in [4.78, 5) is 26.4. The molecule has 8 nitrogen and oxygen atoms in total. The number of morpholine rings is 1. The second kappa shape index (κ2) is 6.71. The SMILES string of the molecule is O=C(O)CC1CS(=O)(=O)CCN1CC(=O)N1CCOCC1. The lowest BCUT2D eigenvalue weighted by atomic mass is 10.2. The number of carboxylic acids is 1. The average Bonchev–Trinajstić information content (AvgIpc) is 2.41. The smallest absolute Gasteiger partial charge is 0.304 e. The summed E-state index contributed by atoms with van der Waals surface area (Å²) in [6.45, 7) is 2.31. The molecule has 1 N–H and O–H groups in total. The molecule has 9 heteroatoms. The van der Waals surface area contributed by atoms with Crippen molar-refractivity contribution in [2.24, 2.45) is 0 Å². The van der Waals surface area contributed by atoms with Crippen LogP contribution in [-0.4, -0.2) is 92.1 Å². The van der Waals surface area contributed by atoms with Crippen molar-refractivity contribution in [3.8, 4) is 0 Å². The molecule has 2 heterocycles. The van der Waals surface area contributed by atoms with E-state index in [1.54, 1.807) is 9.80 Å². The minimum absolute atomic E-state index is 0.0283. The number of carboxylic acid groups (broad SMARTS) is 1. The van der Waals surface area contributed by atoms with Gasteiger partial charge in [0.1, 0.15) is 0 Å². The Hall–Kier alpha value is -1.19. The number of sulfone groups is 1. The number of nitrogens with zero attached hydrogens (tertiary/aromatic N) is 2. The Bertz CT molecular complexity index is 500. The molecule has 21 heavy (non-hydrogen) atoms. The van der Waals surface area contributed by atoms with Gasteiger partial charge in [-0.1, -0.05) is 0 Å². The fraction of sp³-hybridized carbons (Fsp3) is 0.833. The van der Waals surface area contributed by atoms with Crippen LogP contribution in [-0.2, 0) is 24.2 Å². The van der Waals surface area contributed by atoms with E-state index in [0.717, 1.165) is 0 Å². The average molecular weight is 320 g/mol. The highest BCUT2D eigenvalue weighted by atomic mass is 32.2. The van der Waals surface area contributed by atoms with E-state index >= 15 is 0 Å². The molecule has 2 saturated heterocycles. The largest absolute Gasteiger partial charge is 0.481 e. The summed E-state index contributed by atoms with van der Waals surface area (Å²) in [5, 5.41) is 8.90. The Morgan fingerprint density at radius 2 is 1.86 bits per heavy atom. The van der Waals surface area contributed by atoms with E-state index in [2.05, 4.69) is 0 Å². The summed E-state index contributed by atoms with van der Waals surface area (Å²) in [6.07, 6.45) is -0.268. The van der Waals surface area contributed by atoms with E-state index in [1.807, 2.05) is 0 Å². The van der Waals surface area contributed by atoms with Crippen molar-refractivity contribution in [1.29, 1.82) is 0 Å². The van der Waals surface area contributed by atoms with Crippen LogP contribution in [0.1, 0.15) is 6.42 Å². The standard InChI is InChI=1S/C12H20N2O6S/c15-11(13-1-4-20-5-2-13)8-14-3-6-21(18,19)9-10(14)7-12(16)17/h10H,1-9H2,(H,16,17). The first-order valence-corrected chi connectivity index (χ1v) is 8.71. The Balaban J connectivity index is 1.98. The molecule has 1 amide bonds. The van der Waals surface area contributed by atoms with E-state index in [-0.39, 0.29) is 36.9 Å². The van der Waals surface area contributed by atoms with Gasteiger partial charge in [0, 0.05) is 25.7 Å². The molecule has 0 saturated carbocycles. The lowest BCUT2D eigenvalue weighted by Gasteiger charge is -2.36. The van der Waals surface area contributed by atoms with E-state index in [0.29, 0.717) is 26.3 Å². The summed E-state index contributed by atoms with van der Waals surface area (Å²) >= 11 is 0. The van der Waals surface area contributed by atoms with Gasteiger partial charge in [0.2, 0.25) is 5.91 Å². The van der Waals surface area contributed by atoms with Gasteiger partial charge < -0.3 is 14.7 Å². The number of carbonyl (C=O) groups excluding carboxylic acids is 1. The van der Waals surface area contributed by atoms with E-state index in [1.165, 1.54) is 0 Å². The van der Waals surface area contributed by atoms with Gasteiger partial charge >= 0.3 is 5.97 Å². The molecule has 1 atom stereocenters. The molecule has 2 rings (SSSR count). The van der Waals surface area contributed by atoms with E-state index < -0.39 is 21.8 Å². The molecule has 120 valence electrons. The first kappa shape index (κ1) is 16.2. The molecule has 2 aliphatic heterocycles. The van der Waals surface area contributed by atoms with Crippen molar-refractivity contribution in [3.63, 3.8) is 0 Å². The van der Waals surface area contributed by atoms with Crippen LogP contribution in [0.15, 0.2) is 0 Å². The van der Waals surface area contributed by atoms with Gasteiger partial charge in [-0.25, -0.2) is 8.42 Å². The topological polar surface area (TPSA) is 104 Å². The number of aliphatic carboxylic acids is 1. The lowest BCUT2D eigenvalue weighted by molar-refractivity contribution is -0.141. The Labute approximate surface area is 123 Å². The third-order valence-corrected chi connectivity index (χ3v) is 5.46. The summed E-state index contributed by atoms with van der Waals surface area (Å²) < 4.78 is 28.5. The van der Waals surface area contributed by atoms with Crippen LogP contribution in [0.4, 0.5) is 0 Å². The van der Waals surface area contributed by atoms with Crippen molar-refractivity contribution in [2.75, 3.05) is 50.9 Å². The molecule has 0 aromatic carbocycles. The number of amides is 1. The molecule has 0 aliphatic carbocycles. The summed E-state index contributed by atoms with van der Waals surface area (Å²) in [6, 6.07) is -0.633. The normalized spacial score (nSPS) is 26.5. The lowest BCUT2D eigenvalue weighted by Crippen LogP contribution is -2.54. The van der Waals surface area contributed by atoms with Crippen LogP contribution in [0, 0.1) is 0 Å². The maximum Gasteiger partial charge on any atom is 0.304 e. The monoisotopic (exact) mass is 320 g/mol. The molecule has 1 unspecified atom stereocenters. The molecule has 0 aromatic heterocycles. The van der Waals surface area contributed by atoms with Crippen molar-refractivity contribution in [3.05, 3.63) is 0 Å². The summed E-state index contributed by atoms with van der Waals surface area (Å²) in [7, 11) is -3.22. The second-order valence-electron chi connectivity index (χ2n) is 5.33. The van der Waals surface area contributed by atoms with Crippen molar-refractivity contribution < 1.29 is 27.9 Å². The highest BCUT2D eigenvalue weighted by molar-refractivity contribution is 7.91. The van der Waals surface area contributed by atoms with Gasteiger partial charge in [0.15, 0.2) is 9.84 Å². The molecule has 2 aliphatic rings. The van der Waals surface area contributed by atoms with Crippen LogP contribution < -0.4 is 0 Å². The maximum atomic E-state index is 12.2. The zero-order valence-corrected chi connectivity index (χ0v) is 12.5. The highest BCUT2D eigenvalue weighted by Gasteiger charge is 2.34. The third kappa shape index (κ3) is 4.65. The molecular weight excluding hydrogens is 300 g/mol. The molecule has 0 spiro atoms. The summed E-state index contributed by atoms with van der Waals surface area (Å²) in [5.74, 6) is -1.39. The van der Waals surface area contributed by atoms with Crippen LogP contribution in [0.25, 0.3) is 0 Å². The van der Waals surface area contributed by atoms with Crippen LogP contribution >= 0.6 is 0 Å². The van der Waals surface area contributed by atoms with Gasteiger partial charge in [0.05, 0.1) is 37.7 Å². The number of hydrogen-bond acceptors (Lipinski definition) is 6. The van der Waals surface area contributed by atoms with Crippen molar-refractivity contribution in [2.45, 2.75) is 12.5 Å². The number of hydrogen-bond donors (Lipinski definition) is 1. The van der Waals surface area contributed by atoms with Gasteiger partial charge in [0.25, 0.3) is 0 Å². The van der Waals surface area contributed by atoms with E-state index in [9.17, 15) is 18.0 Å². The van der Waals surface area contributed by atoms with Crippen LogP contribution in [0.2, 0.25) is 0 Å². The zero-order chi connectivity index (χ0) is 15.5. The Morgan fingerprint density at radius 3 is 2.48 bits per heavy atom. The molecule has 0 bridgehead atoms. The molecule has 2 fully saturated rings. The minimum atomic E-state index is -3.22. The van der Waals surface area contributed by atoms with Crippen LogP contribution in [0.5, 0.6) is 0 Å². The van der Waals surface area contributed by atoms with E-state index in [4.69, 9.17) is 9.84 Å². The van der Waals surface area contributed by atoms with Crippen LogP contribution in [0.3, 0.4) is 0 Å². The fourth-order valence-corrected chi connectivity index (χ4v) is 4.20. The maximum absolute atomic E-state index is 12.2. The predicted molar refractivity (Wildman–Crippen MR) is 73.7 cm³/mol. The number of rotatable bonds is 4. The van der Waals surface area contributed by atoms with Crippen molar-refractivity contribution >= 4 is 21.7 Å². The fourth-order valence-electron chi connectivity index (χ4n) is 2.61. The summed E-state index contributed by atoms with van der Waals surface area (Å²) in [5.41, 5.74) is 0. The third-order valence-electron chi connectivity index (χ3n) is 3.76. The van der Waals surface area contributed by atoms with Gasteiger partial charge in [-0.2, -0.15) is 0 Å². The van der Waals surface area contributed by atoms with Gasteiger partial charge in [-0.05, 0) is 0 Å². The Morgan fingerprint density at radius 1 is 1.19 bits per heavy atom. The first-order chi connectivity index (χ1) is 9.87. The van der Waals surface area contributed by atoms with Crippen molar-refractivity contribution in [1.82, 2.24) is 9.80 Å². The molecule has 0 aromatic rings. The second-order valence-corrected chi connectivity index (χ2v) is 7.56. The van der Waals surface area contributed by atoms with Gasteiger partial charge in [-0.3, -0.25) is 14.5 Å². The number of ether oxygens (including phenoxy) is 1. The minimum Gasteiger partial charge on any atom is -0.481 e. The van der Waals surface area contributed by atoms with Gasteiger partial charge in [-0.15, -0.1) is 0 Å². The zero-order valence-electron chi connectivity index (χ0n) is 11.7. The first-order valence-electron chi connectivity index (χ1n) is 6.89. The highest BCUT2D eigenvalue weighted by Crippen LogP contribution is 2.15. The Kier molecular flexibility index (Phi) is 5.17.